The van der Waals surface area contributed by atoms with Gasteiger partial charge in [-0.15, -0.1) is 0 Å². The first kappa shape index (κ1) is 20.6. The summed E-state index contributed by atoms with van der Waals surface area (Å²) in [6.07, 6.45) is 0. The van der Waals surface area contributed by atoms with Crippen molar-refractivity contribution >= 4 is 22.8 Å². The number of nitrogens with zero attached hydrogens (tertiary/aromatic N) is 3. The van der Waals surface area contributed by atoms with Crippen LogP contribution in [0, 0.1) is 5.92 Å². The number of aryl methyl sites for hydroxylation is 1. The summed E-state index contributed by atoms with van der Waals surface area (Å²) in [4.78, 5) is 32.1. The molecule has 1 unspecified atom stereocenters. The van der Waals surface area contributed by atoms with E-state index in [0.29, 0.717) is 12.1 Å². The van der Waals surface area contributed by atoms with Gasteiger partial charge >= 0.3 is 0 Å². The van der Waals surface area contributed by atoms with Gasteiger partial charge in [-0.1, -0.05) is 44.2 Å². The largest absolute Gasteiger partial charge is 0.340 e. The predicted octanol–water partition coefficient (Wildman–Crippen LogP) is 3.47. The number of rotatable bonds is 7. The van der Waals surface area contributed by atoms with Gasteiger partial charge in [-0.25, -0.2) is 4.98 Å². The zero-order valence-electron chi connectivity index (χ0n) is 17.4. The van der Waals surface area contributed by atoms with Crippen molar-refractivity contribution in [1.29, 1.82) is 0 Å². The highest BCUT2D eigenvalue weighted by Crippen LogP contribution is 2.18. The molecule has 0 radical (unpaired) electrons. The number of hydrogen-bond acceptors (Lipinski definition) is 3. The number of nitrogens with one attached hydrogen (secondary N) is 1. The zero-order valence-corrected chi connectivity index (χ0v) is 17.4. The number of hydrogen-bond donors (Lipinski definition) is 1. The van der Waals surface area contributed by atoms with Crippen LogP contribution in [0.2, 0.25) is 0 Å². The van der Waals surface area contributed by atoms with E-state index in [-0.39, 0.29) is 17.7 Å². The van der Waals surface area contributed by atoms with Crippen molar-refractivity contribution in [3.05, 3.63) is 66.0 Å². The van der Waals surface area contributed by atoms with E-state index in [2.05, 4.69) is 16.8 Å². The van der Waals surface area contributed by atoms with Crippen molar-refractivity contribution in [3.63, 3.8) is 0 Å². The molecule has 0 saturated carbocycles. The Morgan fingerprint density at radius 3 is 2.38 bits per heavy atom. The van der Waals surface area contributed by atoms with E-state index in [1.165, 1.54) is 0 Å². The van der Waals surface area contributed by atoms with Gasteiger partial charge in [-0.05, 0) is 37.1 Å². The van der Waals surface area contributed by atoms with Crippen LogP contribution in [0.15, 0.2) is 54.6 Å². The first-order valence-corrected chi connectivity index (χ1v) is 9.97. The van der Waals surface area contributed by atoms with E-state index in [0.717, 1.165) is 23.4 Å². The first-order valence-electron chi connectivity index (χ1n) is 9.97. The molecule has 6 nitrogen and oxygen atoms in total. The van der Waals surface area contributed by atoms with Crippen molar-refractivity contribution in [2.24, 2.45) is 5.92 Å². The number of aromatic nitrogens is 2. The maximum Gasteiger partial charge on any atom is 0.251 e. The lowest BCUT2D eigenvalue weighted by molar-refractivity contribution is -0.133. The third-order valence-electron chi connectivity index (χ3n) is 5.06. The molecule has 1 N–H and O–H groups in total. The van der Waals surface area contributed by atoms with E-state index < -0.39 is 6.04 Å². The SMILES string of the molecule is CCn1c(CN(C)C(=O)C(NC(=O)c2ccccc2)C(C)C)nc2ccccc21. The van der Waals surface area contributed by atoms with Crippen LogP contribution in [-0.4, -0.2) is 39.4 Å². The molecule has 1 heterocycles. The van der Waals surface area contributed by atoms with Gasteiger partial charge in [0.2, 0.25) is 5.91 Å². The second-order valence-corrected chi connectivity index (χ2v) is 7.52. The Bertz CT molecular complexity index is 995. The molecule has 0 aliphatic carbocycles. The fourth-order valence-corrected chi connectivity index (χ4v) is 3.45. The molecule has 0 aliphatic heterocycles. The minimum atomic E-state index is -0.604. The summed E-state index contributed by atoms with van der Waals surface area (Å²) in [5.41, 5.74) is 2.52. The fourth-order valence-electron chi connectivity index (χ4n) is 3.45. The third kappa shape index (κ3) is 4.47. The van der Waals surface area contributed by atoms with Crippen LogP contribution in [0.5, 0.6) is 0 Å². The average molecular weight is 393 g/mol. The number of fused-ring (bicyclic) bond motifs is 1. The molecule has 0 bridgehead atoms. The molecule has 29 heavy (non-hydrogen) atoms. The number of para-hydroxylation sites is 2. The molecule has 6 heteroatoms. The van der Waals surface area contributed by atoms with Crippen LogP contribution < -0.4 is 5.32 Å². The van der Waals surface area contributed by atoms with E-state index in [4.69, 9.17) is 4.98 Å². The standard InChI is InChI=1S/C23H28N4O2/c1-5-27-19-14-10-9-13-18(19)24-20(27)15-26(4)23(29)21(16(2)3)25-22(28)17-11-7-6-8-12-17/h6-14,16,21H,5,15H2,1-4H3,(H,25,28). The van der Waals surface area contributed by atoms with Gasteiger partial charge in [0.25, 0.3) is 5.91 Å². The highest BCUT2D eigenvalue weighted by Gasteiger charge is 2.28. The Hall–Kier alpha value is -3.15. The van der Waals surface area contributed by atoms with Crippen LogP contribution >= 0.6 is 0 Å². The van der Waals surface area contributed by atoms with E-state index >= 15 is 0 Å². The second kappa shape index (κ2) is 8.90. The van der Waals surface area contributed by atoms with Gasteiger partial charge in [-0.3, -0.25) is 9.59 Å². The van der Waals surface area contributed by atoms with Crippen molar-refractivity contribution < 1.29 is 9.59 Å². The number of benzene rings is 2. The van der Waals surface area contributed by atoms with Crippen LogP contribution in [0.3, 0.4) is 0 Å². The van der Waals surface area contributed by atoms with E-state index in [1.807, 2.05) is 56.3 Å². The number of carbonyl (C=O) groups excluding carboxylic acids is 2. The zero-order chi connectivity index (χ0) is 21.0. The highest BCUT2D eigenvalue weighted by atomic mass is 16.2. The molecule has 0 aliphatic rings. The number of amides is 2. The van der Waals surface area contributed by atoms with Gasteiger partial charge in [0.1, 0.15) is 11.9 Å². The van der Waals surface area contributed by atoms with Gasteiger partial charge in [0.05, 0.1) is 17.6 Å². The van der Waals surface area contributed by atoms with Crippen molar-refractivity contribution in [3.8, 4) is 0 Å². The molecular formula is C23H28N4O2. The molecule has 0 saturated heterocycles. The number of carbonyl (C=O) groups is 2. The lowest BCUT2D eigenvalue weighted by Gasteiger charge is -2.27. The third-order valence-corrected chi connectivity index (χ3v) is 5.06. The highest BCUT2D eigenvalue weighted by molar-refractivity contribution is 5.97. The topological polar surface area (TPSA) is 67.2 Å². The Morgan fingerprint density at radius 1 is 1.07 bits per heavy atom. The normalized spacial score (nSPS) is 12.2. The van der Waals surface area contributed by atoms with Crippen molar-refractivity contribution in [2.75, 3.05) is 7.05 Å². The molecule has 3 rings (SSSR count). The monoisotopic (exact) mass is 392 g/mol. The summed E-state index contributed by atoms with van der Waals surface area (Å²) < 4.78 is 2.12. The molecule has 1 aromatic heterocycles. The lowest BCUT2D eigenvalue weighted by atomic mass is 10.0. The van der Waals surface area contributed by atoms with Gasteiger partial charge in [-0.2, -0.15) is 0 Å². The van der Waals surface area contributed by atoms with Crippen LogP contribution in [0.25, 0.3) is 11.0 Å². The Labute approximate surface area is 171 Å². The Morgan fingerprint density at radius 2 is 1.72 bits per heavy atom. The van der Waals surface area contributed by atoms with Crippen molar-refractivity contribution in [1.82, 2.24) is 19.8 Å². The number of likely N-dealkylation sites (N-methyl/N-ethyl adjacent to an activating group) is 1. The molecule has 1 atom stereocenters. The van der Waals surface area contributed by atoms with Gasteiger partial charge in [0.15, 0.2) is 0 Å². The van der Waals surface area contributed by atoms with Crippen LogP contribution in [0.1, 0.15) is 37.0 Å². The molecule has 2 amide bonds. The fraction of sp³-hybridized carbons (Fsp3) is 0.348. The van der Waals surface area contributed by atoms with E-state index in [1.54, 1.807) is 24.1 Å². The summed E-state index contributed by atoms with van der Waals surface area (Å²) in [6.45, 7) is 7.09. The van der Waals surface area contributed by atoms with E-state index in [9.17, 15) is 9.59 Å². The summed E-state index contributed by atoms with van der Waals surface area (Å²) in [6, 6.07) is 16.3. The molecule has 2 aromatic carbocycles. The molecular weight excluding hydrogens is 364 g/mol. The van der Waals surface area contributed by atoms with Crippen LogP contribution in [-0.2, 0) is 17.9 Å². The van der Waals surface area contributed by atoms with Gasteiger partial charge in [0, 0.05) is 19.2 Å². The summed E-state index contributed by atoms with van der Waals surface area (Å²) in [5.74, 6) is 0.426. The quantitative estimate of drug-likeness (QED) is 0.669. The average Bonchev–Trinajstić information content (AvgIpc) is 3.08. The Kier molecular flexibility index (Phi) is 6.32. The maximum atomic E-state index is 13.1. The summed E-state index contributed by atoms with van der Waals surface area (Å²) in [7, 11) is 1.76. The first-order chi connectivity index (χ1) is 13.9. The second-order valence-electron chi connectivity index (χ2n) is 7.52. The van der Waals surface area contributed by atoms with Crippen LogP contribution in [0.4, 0.5) is 0 Å². The smallest absolute Gasteiger partial charge is 0.251 e. The molecule has 152 valence electrons. The minimum absolute atomic E-state index is 0.0393. The molecule has 0 fully saturated rings. The lowest BCUT2D eigenvalue weighted by Crippen LogP contribution is -2.50. The maximum absolute atomic E-state index is 13.1. The minimum Gasteiger partial charge on any atom is -0.340 e. The molecule has 0 spiro atoms. The predicted molar refractivity (Wildman–Crippen MR) is 114 cm³/mol. The summed E-state index contributed by atoms with van der Waals surface area (Å²) >= 11 is 0. The van der Waals surface area contributed by atoms with Crippen molar-refractivity contribution in [2.45, 2.75) is 39.9 Å². The molecule has 3 aromatic rings. The van der Waals surface area contributed by atoms with Gasteiger partial charge < -0.3 is 14.8 Å². The Balaban J connectivity index is 1.77. The summed E-state index contributed by atoms with van der Waals surface area (Å²) in [5, 5.41) is 2.90. The number of imidazole rings is 1.